The monoisotopic (exact) mass is 225 g/mol. The molecule has 80 valence electrons. The summed E-state index contributed by atoms with van der Waals surface area (Å²) in [6.07, 6.45) is 3.20. The molecule has 2 atom stereocenters. The second-order valence-electron chi connectivity index (χ2n) is 3.27. The molecule has 15 heavy (non-hydrogen) atoms. The molecular formula is C8H12N5OP. The quantitative estimate of drug-likeness (QED) is 0.774. The molecule has 0 aliphatic carbocycles. The molecule has 2 heterocycles. The number of aromatic nitrogens is 4. The normalized spacial score (nSPS) is 13.2. The van der Waals surface area contributed by atoms with Crippen LogP contribution in [0.1, 0.15) is 6.92 Å². The Morgan fingerprint density at radius 2 is 2.33 bits per heavy atom. The maximum atomic E-state index is 5.67. The van der Waals surface area contributed by atoms with Crippen molar-refractivity contribution in [3.05, 3.63) is 12.7 Å². The average Bonchev–Trinajstić information content (AvgIpc) is 2.63. The largest absolute Gasteiger partial charge is 0.382 e. The molecule has 0 aliphatic heterocycles. The number of hydrogen-bond donors (Lipinski definition) is 1. The fraction of sp³-hybridized carbons (Fsp3) is 0.375. The van der Waals surface area contributed by atoms with Crippen molar-refractivity contribution < 1.29 is 4.52 Å². The standard InChI is InChI=1S/C8H12N5OP/c1-5(14-15)2-13-4-12-6-7(9)10-3-11-8(6)13/h3-5H,2,15H2,1H3,(H2,9,10,11). The van der Waals surface area contributed by atoms with Crippen molar-refractivity contribution in [3.63, 3.8) is 0 Å². The van der Waals surface area contributed by atoms with Crippen molar-refractivity contribution in [1.82, 2.24) is 19.5 Å². The van der Waals surface area contributed by atoms with Crippen LogP contribution >= 0.6 is 9.47 Å². The molecule has 0 amide bonds. The summed E-state index contributed by atoms with van der Waals surface area (Å²) in [5.41, 5.74) is 7.04. The molecule has 2 aromatic heterocycles. The molecule has 2 N–H and O–H groups in total. The first kappa shape index (κ1) is 10.3. The van der Waals surface area contributed by atoms with Crippen molar-refractivity contribution in [2.24, 2.45) is 0 Å². The number of nitrogens with zero attached hydrogens (tertiary/aromatic N) is 4. The average molecular weight is 225 g/mol. The highest BCUT2D eigenvalue weighted by molar-refractivity contribution is 7.09. The number of rotatable bonds is 3. The molecule has 0 fully saturated rings. The van der Waals surface area contributed by atoms with Crippen molar-refractivity contribution in [2.45, 2.75) is 19.6 Å². The van der Waals surface area contributed by atoms with Gasteiger partial charge in [0.2, 0.25) is 0 Å². The van der Waals surface area contributed by atoms with Gasteiger partial charge in [0.05, 0.1) is 19.0 Å². The maximum Gasteiger partial charge on any atom is 0.165 e. The molecule has 0 aliphatic rings. The van der Waals surface area contributed by atoms with Crippen LogP contribution in [0, 0.1) is 0 Å². The summed E-state index contributed by atoms with van der Waals surface area (Å²) in [4.78, 5) is 12.2. The lowest BCUT2D eigenvalue weighted by molar-refractivity contribution is 0.237. The highest BCUT2D eigenvalue weighted by Crippen LogP contribution is 2.15. The first-order valence-electron chi connectivity index (χ1n) is 4.49. The third-order valence-electron chi connectivity index (χ3n) is 2.12. The van der Waals surface area contributed by atoms with Gasteiger partial charge in [-0.25, -0.2) is 15.0 Å². The Morgan fingerprint density at radius 3 is 3.07 bits per heavy atom. The first-order chi connectivity index (χ1) is 7.22. The van der Waals surface area contributed by atoms with Crippen LogP contribution in [0.2, 0.25) is 0 Å². The summed E-state index contributed by atoms with van der Waals surface area (Å²) in [7, 11) is 2.24. The summed E-state index contributed by atoms with van der Waals surface area (Å²) in [6.45, 7) is 2.64. The highest BCUT2D eigenvalue weighted by Gasteiger charge is 2.09. The number of anilines is 1. The van der Waals surface area contributed by atoms with E-state index in [1.165, 1.54) is 6.33 Å². The lowest BCUT2D eigenvalue weighted by Crippen LogP contribution is -2.12. The minimum Gasteiger partial charge on any atom is -0.382 e. The number of imidazole rings is 1. The Morgan fingerprint density at radius 1 is 1.53 bits per heavy atom. The molecule has 2 unspecified atom stereocenters. The third kappa shape index (κ3) is 1.91. The van der Waals surface area contributed by atoms with Crippen LogP contribution in [-0.4, -0.2) is 25.6 Å². The van der Waals surface area contributed by atoms with Crippen LogP contribution in [0.3, 0.4) is 0 Å². The van der Waals surface area contributed by atoms with Gasteiger partial charge in [0.15, 0.2) is 11.5 Å². The lowest BCUT2D eigenvalue weighted by Gasteiger charge is -2.09. The minimum atomic E-state index is 0.0728. The molecule has 0 spiro atoms. The van der Waals surface area contributed by atoms with E-state index in [1.54, 1.807) is 6.33 Å². The van der Waals surface area contributed by atoms with Crippen LogP contribution < -0.4 is 5.73 Å². The Hall–Kier alpha value is -1.26. The SMILES string of the molecule is CC(Cn1cnc2c(N)ncnc21)OP. The van der Waals surface area contributed by atoms with E-state index >= 15 is 0 Å². The summed E-state index contributed by atoms with van der Waals surface area (Å²) >= 11 is 0. The van der Waals surface area contributed by atoms with Crippen LogP contribution in [0.15, 0.2) is 12.7 Å². The topological polar surface area (TPSA) is 78.9 Å². The van der Waals surface area contributed by atoms with Crippen LogP contribution in [-0.2, 0) is 11.1 Å². The second-order valence-corrected chi connectivity index (χ2v) is 3.55. The predicted octanol–water partition coefficient (Wildman–Crippen LogP) is 0.604. The van der Waals surface area contributed by atoms with Gasteiger partial charge in [-0.15, -0.1) is 0 Å². The van der Waals surface area contributed by atoms with Gasteiger partial charge in [0, 0.05) is 9.47 Å². The van der Waals surface area contributed by atoms with Gasteiger partial charge in [0.1, 0.15) is 11.8 Å². The Balaban J connectivity index is 2.41. The second kappa shape index (κ2) is 4.08. The minimum absolute atomic E-state index is 0.0728. The van der Waals surface area contributed by atoms with Gasteiger partial charge < -0.3 is 14.8 Å². The molecule has 0 radical (unpaired) electrons. The van der Waals surface area contributed by atoms with E-state index in [0.717, 1.165) is 5.65 Å². The van der Waals surface area contributed by atoms with E-state index in [-0.39, 0.29) is 6.10 Å². The van der Waals surface area contributed by atoms with Crippen molar-refractivity contribution >= 4 is 26.4 Å². The Labute approximate surface area is 89.2 Å². The van der Waals surface area contributed by atoms with Crippen molar-refractivity contribution in [3.8, 4) is 0 Å². The van der Waals surface area contributed by atoms with Crippen molar-refractivity contribution in [2.75, 3.05) is 5.73 Å². The third-order valence-corrected chi connectivity index (χ3v) is 2.58. The number of hydrogen-bond acceptors (Lipinski definition) is 5. The fourth-order valence-electron chi connectivity index (χ4n) is 1.35. The van der Waals surface area contributed by atoms with E-state index in [4.69, 9.17) is 10.3 Å². The van der Waals surface area contributed by atoms with Gasteiger partial charge in [0.25, 0.3) is 0 Å². The zero-order valence-electron chi connectivity index (χ0n) is 8.29. The highest BCUT2D eigenvalue weighted by atomic mass is 31.0. The summed E-state index contributed by atoms with van der Waals surface area (Å²) < 4.78 is 6.99. The molecule has 2 aromatic rings. The van der Waals surface area contributed by atoms with E-state index in [2.05, 4.69) is 24.4 Å². The summed E-state index contributed by atoms with van der Waals surface area (Å²) in [5, 5.41) is 0. The van der Waals surface area contributed by atoms with Gasteiger partial charge in [-0.2, -0.15) is 0 Å². The van der Waals surface area contributed by atoms with Gasteiger partial charge in [-0.05, 0) is 6.92 Å². The fourth-order valence-corrected chi connectivity index (χ4v) is 1.44. The lowest BCUT2D eigenvalue weighted by atomic mass is 10.4. The molecular weight excluding hydrogens is 213 g/mol. The van der Waals surface area contributed by atoms with E-state index in [0.29, 0.717) is 17.9 Å². The van der Waals surface area contributed by atoms with E-state index < -0.39 is 0 Å². The zero-order valence-corrected chi connectivity index (χ0v) is 9.45. The number of nitrogen functional groups attached to an aromatic ring is 1. The molecule has 0 saturated heterocycles. The van der Waals surface area contributed by atoms with Crippen molar-refractivity contribution in [1.29, 1.82) is 0 Å². The molecule has 0 bridgehead atoms. The molecule has 2 rings (SSSR count). The van der Waals surface area contributed by atoms with E-state index in [9.17, 15) is 0 Å². The smallest absolute Gasteiger partial charge is 0.165 e. The van der Waals surface area contributed by atoms with Gasteiger partial charge in [-0.1, -0.05) is 0 Å². The predicted molar refractivity (Wildman–Crippen MR) is 60.0 cm³/mol. The van der Waals surface area contributed by atoms with Gasteiger partial charge >= 0.3 is 0 Å². The first-order valence-corrected chi connectivity index (χ1v) is 4.96. The van der Waals surface area contributed by atoms with Gasteiger partial charge in [-0.3, -0.25) is 0 Å². The van der Waals surface area contributed by atoms with Crippen LogP contribution in [0.5, 0.6) is 0 Å². The number of nitrogens with two attached hydrogens (primary N) is 1. The summed E-state index contributed by atoms with van der Waals surface area (Å²) in [6, 6.07) is 0. The number of fused-ring (bicyclic) bond motifs is 1. The molecule has 6 nitrogen and oxygen atoms in total. The zero-order chi connectivity index (χ0) is 10.8. The Kier molecular flexibility index (Phi) is 2.79. The van der Waals surface area contributed by atoms with Crippen LogP contribution in [0.4, 0.5) is 5.82 Å². The molecule has 0 aromatic carbocycles. The maximum absolute atomic E-state index is 5.67. The summed E-state index contributed by atoms with van der Waals surface area (Å²) in [5.74, 6) is 0.401. The van der Waals surface area contributed by atoms with E-state index in [1.807, 2.05) is 11.5 Å². The Bertz CT molecular complexity index is 471. The van der Waals surface area contributed by atoms with Crippen LogP contribution in [0.25, 0.3) is 11.2 Å². The molecule has 7 heteroatoms. The molecule has 0 saturated carbocycles.